The maximum Gasteiger partial charge on any atom is 2.00 e. The molecule has 0 spiro atoms. The minimum Gasteiger partial charge on any atom is -0.493 e. The first-order valence-electron chi connectivity index (χ1n) is 54.1. The Morgan fingerprint density at radius 3 is 0.513 bits per heavy atom. The van der Waals surface area contributed by atoms with Gasteiger partial charge in [0, 0.05) is 22.3 Å². The summed E-state index contributed by atoms with van der Waals surface area (Å²) in [5, 5.41) is 0. The molecular formula is C114H210N2Ni. The van der Waals surface area contributed by atoms with Crippen LogP contribution in [0.15, 0.2) is 35.4 Å². The van der Waals surface area contributed by atoms with Gasteiger partial charge in [0.2, 0.25) is 11.4 Å². The molecule has 0 saturated carbocycles. The summed E-state index contributed by atoms with van der Waals surface area (Å²) in [6, 6.07) is 10.4. The Hall–Kier alpha value is -1.99. The molecule has 1 heterocycles. The Kier molecular flexibility index (Phi) is 88.7. The number of aryl methyl sites for hydroxylation is 4. The SMILES string of the molecule is CCCCCCC1=C(c2cc(CCCCCC)c(CCCCCC)c(CCCCCC)c2)[N+](=[N-])C(c2cc(CCCCCC)c(CCCCCC)c(CCCCCC)c2)=C1CCCC.[CH2-]CCCCCCCCCCCCCCCCCCCCCCCCC.[CH2-]CCCCCCCCCCCCCCCCCCCCCCCCC.[Ni+2]. The Balaban J connectivity index is 0.00000208. The van der Waals surface area contributed by atoms with Crippen molar-refractivity contribution in [1.29, 1.82) is 0 Å². The molecule has 686 valence electrons. The molecule has 0 radical (unpaired) electrons. The van der Waals surface area contributed by atoms with Crippen molar-refractivity contribution in [3.8, 4) is 0 Å². The van der Waals surface area contributed by atoms with Gasteiger partial charge in [0.25, 0.3) is 0 Å². The van der Waals surface area contributed by atoms with Gasteiger partial charge in [0.1, 0.15) is 0 Å². The van der Waals surface area contributed by atoms with E-state index in [1.807, 2.05) is 0 Å². The van der Waals surface area contributed by atoms with E-state index in [1.54, 1.807) is 38.1 Å². The van der Waals surface area contributed by atoms with Crippen molar-refractivity contribution in [2.24, 2.45) is 0 Å². The third-order valence-corrected chi connectivity index (χ3v) is 26.3. The maximum absolute atomic E-state index is 13.2. The van der Waals surface area contributed by atoms with Crippen molar-refractivity contribution in [3.63, 3.8) is 0 Å². The fourth-order valence-electron chi connectivity index (χ4n) is 18.6. The van der Waals surface area contributed by atoms with E-state index in [2.05, 4.69) is 107 Å². The minimum absolute atomic E-state index is 0. The van der Waals surface area contributed by atoms with Crippen LogP contribution in [0.25, 0.3) is 16.9 Å². The Bertz CT molecular complexity index is 2310. The van der Waals surface area contributed by atoms with E-state index < -0.39 is 0 Å². The topological polar surface area (TPSA) is 25.3 Å². The van der Waals surface area contributed by atoms with Gasteiger partial charge in [-0.3, -0.25) is 0 Å². The third kappa shape index (κ3) is 63.6. The van der Waals surface area contributed by atoms with Gasteiger partial charge in [0.15, 0.2) is 0 Å². The number of benzene rings is 2. The van der Waals surface area contributed by atoms with Crippen LogP contribution in [0.4, 0.5) is 0 Å². The normalized spacial score (nSPS) is 12.2. The molecule has 0 unspecified atom stereocenters. The fraction of sp³-hybridized carbons (Fsp3) is 0.842. The zero-order chi connectivity index (χ0) is 84.1. The summed E-state index contributed by atoms with van der Waals surface area (Å²) in [7, 11) is 0. The predicted octanol–water partition coefficient (Wildman–Crippen LogP) is 41.2. The summed E-state index contributed by atoms with van der Waals surface area (Å²) in [6.07, 6.45) is 117. The monoisotopic (exact) mass is 1670 g/mol. The Morgan fingerprint density at radius 1 is 0.188 bits per heavy atom. The van der Waals surface area contributed by atoms with Gasteiger partial charge >= 0.3 is 16.5 Å². The van der Waals surface area contributed by atoms with Gasteiger partial charge in [-0.1, -0.05) is 506 Å². The molecule has 117 heavy (non-hydrogen) atoms. The van der Waals surface area contributed by atoms with E-state index in [1.165, 1.54) is 517 Å². The van der Waals surface area contributed by atoms with Gasteiger partial charge in [-0.15, -0.1) is 0 Å². The van der Waals surface area contributed by atoms with Gasteiger partial charge in [-0.2, -0.15) is 12.8 Å². The zero-order valence-electron chi connectivity index (χ0n) is 81.7. The second-order valence-corrected chi connectivity index (χ2v) is 37.6. The summed E-state index contributed by atoms with van der Waals surface area (Å²) >= 11 is 0. The van der Waals surface area contributed by atoms with Crippen molar-refractivity contribution in [2.75, 3.05) is 0 Å². The third-order valence-electron chi connectivity index (χ3n) is 26.3. The molecule has 0 amide bonds. The average Bonchev–Trinajstić information content (AvgIpc) is 1.60. The molecule has 0 aromatic heterocycles. The van der Waals surface area contributed by atoms with Gasteiger partial charge < -0.3 is 19.4 Å². The molecule has 1 aliphatic rings. The van der Waals surface area contributed by atoms with E-state index in [4.69, 9.17) is 0 Å². The molecule has 2 nitrogen and oxygen atoms in total. The predicted molar refractivity (Wildman–Crippen MR) is 529 cm³/mol. The van der Waals surface area contributed by atoms with E-state index >= 15 is 0 Å². The molecule has 3 rings (SSSR count). The molecule has 0 aliphatic carbocycles. The first-order valence-corrected chi connectivity index (χ1v) is 54.1. The summed E-state index contributed by atoms with van der Waals surface area (Å²) in [4.78, 5) is 0. The van der Waals surface area contributed by atoms with E-state index in [0.717, 1.165) is 69.2 Å². The largest absolute Gasteiger partial charge is 2.00 e. The number of rotatable bonds is 86. The van der Waals surface area contributed by atoms with Crippen LogP contribution in [0.3, 0.4) is 0 Å². The van der Waals surface area contributed by atoms with Crippen LogP contribution in [0.2, 0.25) is 0 Å². The average molecular weight is 1670 g/mol. The number of hydrogen-bond donors (Lipinski definition) is 0. The summed E-state index contributed by atoms with van der Waals surface area (Å²) in [5.41, 5.74) is 30.6. The van der Waals surface area contributed by atoms with Crippen LogP contribution in [0, 0.1) is 13.8 Å². The quantitative estimate of drug-likeness (QED) is 0.0273. The van der Waals surface area contributed by atoms with E-state index in [-0.39, 0.29) is 16.5 Å². The molecule has 2 aromatic carbocycles. The smallest absolute Gasteiger partial charge is 0.493 e. The molecule has 3 heteroatoms. The second kappa shape index (κ2) is 90.3. The van der Waals surface area contributed by atoms with Crippen LogP contribution in [0.5, 0.6) is 0 Å². The summed E-state index contributed by atoms with van der Waals surface area (Å²) < 4.78 is 1.77. The number of nitrogens with zero attached hydrogens (tertiary/aromatic N) is 2. The first kappa shape index (κ1) is 115. The van der Waals surface area contributed by atoms with Crippen LogP contribution < -0.4 is 0 Å². The number of allylic oxidation sites excluding steroid dienone is 2. The Labute approximate surface area is 748 Å². The first-order chi connectivity index (χ1) is 57.3. The standard InChI is InChI=1S/C62H104N2.2C26H53.Ni/c1-9-17-25-32-39-51-47-55(48-52(40-33-26-18-10-2)57(51)44-36-29-21-13-5)61-59(43-24-16-8)60(46-38-31-23-15-7)62(64(61)63)56-49-53(41-34-27-19-11-3)58(45-37-30-22-14-6)54(50-56)42-35-28-20-12-4;2*1-3-5-7-9-11-13-15-17-19-21-23-25-26-24-22-20-18-16-14-12-10-8-6-4-2;/h47-50H,9-46H2,1-8H3;2*1,3-26H2,2H3;/q;2*-1;+2. The van der Waals surface area contributed by atoms with E-state index in [0.29, 0.717) is 0 Å². The molecule has 1 aliphatic heterocycles. The van der Waals surface area contributed by atoms with Crippen LogP contribution in [-0.2, 0) is 55.0 Å². The fourth-order valence-corrected chi connectivity index (χ4v) is 18.6. The molecule has 0 N–H and O–H groups in total. The molecule has 0 saturated heterocycles. The summed E-state index contributed by atoms with van der Waals surface area (Å²) in [5.74, 6) is 0. The molecular weight excluding hydrogens is 1460 g/mol. The van der Waals surface area contributed by atoms with E-state index in [9.17, 15) is 5.53 Å². The zero-order valence-corrected chi connectivity index (χ0v) is 82.7. The van der Waals surface area contributed by atoms with Crippen molar-refractivity contribution >= 4 is 11.4 Å². The van der Waals surface area contributed by atoms with Gasteiger partial charge in [-0.05, 0) is 160 Å². The van der Waals surface area contributed by atoms with Crippen molar-refractivity contribution in [3.05, 3.63) is 99.3 Å². The van der Waals surface area contributed by atoms with Crippen molar-refractivity contribution in [2.45, 2.75) is 621 Å². The molecule has 0 fully saturated rings. The summed E-state index contributed by atoms with van der Waals surface area (Å²) in [6.45, 7) is 31.1. The van der Waals surface area contributed by atoms with Gasteiger partial charge in [-0.25, -0.2) is 4.70 Å². The van der Waals surface area contributed by atoms with Crippen LogP contribution in [-0.4, -0.2) is 4.70 Å². The molecule has 0 atom stereocenters. The van der Waals surface area contributed by atoms with Crippen molar-refractivity contribution in [1.82, 2.24) is 0 Å². The molecule has 2 aromatic rings. The number of unbranched alkanes of at least 4 members (excludes halogenated alkanes) is 68. The Morgan fingerprint density at radius 2 is 0.333 bits per heavy atom. The number of hydrogen-bond acceptors (Lipinski definition) is 0. The van der Waals surface area contributed by atoms with Crippen LogP contribution >= 0.6 is 0 Å². The molecule has 0 bridgehead atoms. The minimum atomic E-state index is 0. The van der Waals surface area contributed by atoms with Gasteiger partial charge in [0.05, 0.1) is 0 Å². The maximum atomic E-state index is 13.2. The second-order valence-electron chi connectivity index (χ2n) is 37.6. The van der Waals surface area contributed by atoms with Crippen molar-refractivity contribution < 1.29 is 21.2 Å². The van der Waals surface area contributed by atoms with Crippen LogP contribution in [0.1, 0.15) is 627 Å².